The van der Waals surface area contributed by atoms with Crippen LogP contribution in [-0.4, -0.2) is 4.57 Å². The van der Waals surface area contributed by atoms with Gasteiger partial charge in [0.25, 0.3) is 0 Å². The standard InChI is InChI=1S/C32H26N2S2/c1-16-4-7-21(8-5-16)34-26-10-17(2)6-9-22(26)32-30(34)24-12-19-13-25-29-18(3)11-20(33)14-28(29)36-31(25)23(19)15-27(24)35-32/h4-10,12,14-15,18H,11,13,33H2,1-3H3. The first-order valence-corrected chi connectivity index (χ1v) is 14.3. The Morgan fingerprint density at radius 2 is 1.72 bits per heavy atom. The van der Waals surface area contributed by atoms with Crippen LogP contribution in [0, 0.1) is 13.8 Å². The highest BCUT2D eigenvalue weighted by Gasteiger charge is 2.31. The summed E-state index contributed by atoms with van der Waals surface area (Å²) in [6.45, 7) is 6.68. The number of hydrogen-bond donors (Lipinski definition) is 1. The van der Waals surface area contributed by atoms with Gasteiger partial charge in [-0.15, -0.1) is 22.7 Å². The Morgan fingerprint density at radius 3 is 2.56 bits per heavy atom. The number of allylic oxidation sites excluding steroid dienone is 1. The molecule has 0 spiro atoms. The monoisotopic (exact) mass is 502 g/mol. The maximum absolute atomic E-state index is 6.25. The van der Waals surface area contributed by atoms with Crippen molar-refractivity contribution < 1.29 is 0 Å². The molecule has 3 heterocycles. The van der Waals surface area contributed by atoms with Gasteiger partial charge in [0.2, 0.25) is 0 Å². The second-order valence-electron chi connectivity index (χ2n) is 10.7. The number of aromatic nitrogens is 1. The van der Waals surface area contributed by atoms with E-state index in [9.17, 15) is 0 Å². The zero-order valence-corrected chi connectivity index (χ0v) is 22.2. The van der Waals surface area contributed by atoms with Gasteiger partial charge in [-0.1, -0.05) is 36.8 Å². The minimum absolute atomic E-state index is 0.499. The summed E-state index contributed by atoms with van der Waals surface area (Å²) in [7, 11) is 0. The lowest BCUT2D eigenvalue weighted by molar-refractivity contribution is 0.733. The summed E-state index contributed by atoms with van der Waals surface area (Å²) in [5, 5.41) is 2.73. The molecule has 0 saturated heterocycles. The normalized spacial score (nSPS) is 16.5. The third kappa shape index (κ3) is 2.72. The maximum Gasteiger partial charge on any atom is 0.0727 e. The van der Waals surface area contributed by atoms with Crippen LogP contribution in [-0.2, 0) is 6.42 Å². The molecular weight excluding hydrogens is 477 g/mol. The molecule has 0 radical (unpaired) electrons. The van der Waals surface area contributed by atoms with Crippen molar-refractivity contribution in [1.29, 1.82) is 0 Å². The lowest BCUT2D eigenvalue weighted by Gasteiger charge is -2.19. The molecule has 4 heteroatoms. The van der Waals surface area contributed by atoms with E-state index < -0.39 is 0 Å². The van der Waals surface area contributed by atoms with E-state index >= 15 is 0 Å². The van der Waals surface area contributed by atoms with Crippen LogP contribution < -0.4 is 5.73 Å². The van der Waals surface area contributed by atoms with Gasteiger partial charge >= 0.3 is 0 Å². The second-order valence-corrected chi connectivity index (χ2v) is 12.8. The topological polar surface area (TPSA) is 30.9 Å². The van der Waals surface area contributed by atoms with Crippen LogP contribution in [0.15, 0.2) is 60.3 Å². The lowest BCUT2D eigenvalue weighted by Crippen LogP contribution is -2.09. The van der Waals surface area contributed by atoms with E-state index in [1.54, 1.807) is 5.56 Å². The molecule has 2 nitrogen and oxygen atoms in total. The summed E-state index contributed by atoms with van der Waals surface area (Å²) in [6, 6.07) is 20.8. The van der Waals surface area contributed by atoms with Crippen LogP contribution in [0.2, 0.25) is 0 Å². The number of fused-ring (bicyclic) bond motifs is 10. The SMILES string of the molecule is Cc1ccc(-n2c3cc(C)ccc3c3sc4cc5c(cc4c32)Cc2c-5sc3c2C(C)CC(N)=C3)cc1. The summed E-state index contributed by atoms with van der Waals surface area (Å²) >= 11 is 3.88. The number of hydrogen-bond acceptors (Lipinski definition) is 3. The van der Waals surface area contributed by atoms with Crippen LogP contribution in [0.3, 0.4) is 0 Å². The first-order valence-electron chi connectivity index (χ1n) is 12.7. The fourth-order valence-electron chi connectivity index (χ4n) is 6.45. The number of benzene rings is 3. The van der Waals surface area contributed by atoms with E-state index in [1.807, 2.05) is 22.7 Å². The molecule has 0 bridgehead atoms. The minimum atomic E-state index is 0.499. The highest BCUT2D eigenvalue weighted by Crippen LogP contribution is 2.53. The van der Waals surface area contributed by atoms with Crippen molar-refractivity contribution >= 4 is 60.0 Å². The van der Waals surface area contributed by atoms with Crippen LogP contribution in [0.1, 0.15) is 52.0 Å². The molecule has 3 aromatic heterocycles. The summed E-state index contributed by atoms with van der Waals surface area (Å²) < 4.78 is 5.26. The van der Waals surface area contributed by atoms with E-state index in [1.165, 1.54) is 74.5 Å². The molecule has 8 rings (SSSR count). The largest absolute Gasteiger partial charge is 0.402 e. The van der Waals surface area contributed by atoms with E-state index in [0.717, 1.165) is 18.5 Å². The average molecular weight is 503 g/mol. The molecule has 1 atom stereocenters. The van der Waals surface area contributed by atoms with Crippen LogP contribution in [0.25, 0.3) is 53.4 Å². The molecule has 0 fully saturated rings. The molecule has 0 saturated carbocycles. The molecular formula is C32H26N2S2. The smallest absolute Gasteiger partial charge is 0.0727 e. The van der Waals surface area contributed by atoms with E-state index in [0.29, 0.717) is 5.92 Å². The van der Waals surface area contributed by atoms with E-state index in [-0.39, 0.29) is 0 Å². The highest BCUT2D eigenvalue weighted by atomic mass is 32.1. The third-order valence-electron chi connectivity index (χ3n) is 8.08. The van der Waals surface area contributed by atoms with Crippen molar-refractivity contribution in [2.45, 2.75) is 39.5 Å². The molecule has 2 N–H and O–H groups in total. The predicted octanol–water partition coefficient (Wildman–Crippen LogP) is 9.05. The first kappa shape index (κ1) is 20.8. The number of rotatable bonds is 1. The van der Waals surface area contributed by atoms with Gasteiger partial charge in [0, 0.05) is 36.6 Å². The van der Waals surface area contributed by atoms with Gasteiger partial charge in [0.1, 0.15) is 0 Å². The molecule has 0 aliphatic heterocycles. The van der Waals surface area contributed by atoms with Gasteiger partial charge in [-0.05, 0) is 96.8 Å². The maximum atomic E-state index is 6.25. The molecule has 3 aromatic carbocycles. The van der Waals surface area contributed by atoms with Gasteiger partial charge in [-0.3, -0.25) is 0 Å². The Hall–Kier alpha value is -3.34. The number of nitrogens with two attached hydrogens (primary N) is 1. The average Bonchev–Trinajstić information content (AvgIpc) is 3.55. The quantitative estimate of drug-likeness (QED) is 0.238. The van der Waals surface area contributed by atoms with Crippen molar-refractivity contribution in [1.82, 2.24) is 4.57 Å². The molecule has 6 aromatic rings. The first-order chi connectivity index (χ1) is 17.5. The Morgan fingerprint density at radius 1 is 0.917 bits per heavy atom. The van der Waals surface area contributed by atoms with Crippen molar-refractivity contribution in [2.75, 3.05) is 0 Å². The fraction of sp³-hybridized carbons (Fsp3) is 0.188. The molecule has 2 aliphatic carbocycles. The molecule has 1 unspecified atom stereocenters. The van der Waals surface area contributed by atoms with Crippen LogP contribution >= 0.6 is 22.7 Å². The summed E-state index contributed by atoms with van der Waals surface area (Å²) in [5.74, 6) is 0.499. The predicted molar refractivity (Wildman–Crippen MR) is 157 cm³/mol. The van der Waals surface area contributed by atoms with Crippen LogP contribution in [0.4, 0.5) is 0 Å². The highest BCUT2D eigenvalue weighted by molar-refractivity contribution is 7.26. The van der Waals surface area contributed by atoms with E-state index in [2.05, 4.69) is 86.0 Å². The Balaban J connectivity index is 1.42. The summed E-state index contributed by atoms with van der Waals surface area (Å²) in [6.07, 6.45) is 4.22. The zero-order chi connectivity index (χ0) is 24.3. The third-order valence-corrected chi connectivity index (χ3v) is 10.5. The zero-order valence-electron chi connectivity index (χ0n) is 20.6. The summed E-state index contributed by atoms with van der Waals surface area (Å²) in [4.78, 5) is 2.85. The van der Waals surface area contributed by atoms with Crippen molar-refractivity contribution in [2.24, 2.45) is 5.73 Å². The van der Waals surface area contributed by atoms with Crippen LogP contribution in [0.5, 0.6) is 0 Å². The second kappa shape index (κ2) is 7.12. The molecule has 2 aliphatic rings. The Labute approximate surface area is 218 Å². The van der Waals surface area contributed by atoms with Gasteiger partial charge in [0.05, 0.1) is 15.7 Å². The van der Waals surface area contributed by atoms with Crippen molar-refractivity contribution in [3.63, 3.8) is 0 Å². The van der Waals surface area contributed by atoms with Crippen molar-refractivity contribution in [3.05, 3.63) is 93.0 Å². The fourth-order valence-corrected chi connectivity index (χ4v) is 9.16. The molecule has 36 heavy (non-hydrogen) atoms. The van der Waals surface area contributed by atoms with Gasteiger partial charge in [-0.2, -0.15) is 0 Å². The number of thiophene rings is 2. The van der Waals surface area contributed by atoms with E-state index in [4.69, 9.17) is 5.73 Å². The number of aryl methyl sites for hydroxylation is 2. The van der Waals surface area contributed by atoms with Crippen molar-refractivity contribution in [3.8, 4) is 16.1 Å². The number of nitrogens with zero attached hydrogens (tertiary/aromatic N) is 1. The summed E-state index contributed by atoms with van der Waals surface area (Å²) in [5.41, 5.74) is 19.7. The molecule has 0 amide bonds. The Bertz CT molecular complexity index is 1930. The van der Waals surface area contributed by atoms with Gasteiger partial charge in [0.15, 0.2) is 0 Å². The lowest BCUT2D eigenvalue weighted by atomic mass is 9.88. The van der Waals surface area contributed by atoms with Gasteiger partial charge in [-0.25, -0.2) is 0 Å². The molecule has 176 valence electrons. The Kier molecular flexibility index (Phi) is 4.12. The minimum Gasteiger partial charge on any atom is -0.402 e. The van der Waals surface area contributed by atoms with Gasteiger partial charge < -0.3 is 10.3 Å².